The molecular weight excluding hydrogens is 489 g/mol. The molecule has 4 rings (SSSR count). The Hall–Kier alpha value is -1.85. The Kier molecular flexibility index (Phi) is 8.36. The third kappa shape index (κ3) is 5.52. The fraction of sp³-hybridized carbons (Fsp3) is 0.407. The SMILES string of the molecule is CCN(CC)CCCCN=C1CC(c2ccc(Cl)cc2Cl)Cc2[nH]c3ccc(Cl)cc3c(=O)c21. The van der Waals surface area contributed by atoms with Gasteiger partial charge in [-0.3, -0.25) is 9.79 Å². The molecule has 34 heavy (non-hydrogen) atoms. The number of pyridine rings is 1. The van der Waals surface area contributed by atoms with Gasteiger partial charge in [-0.25, -0.2) is 0 Å². The summed E-state index contributed by atoms with van der Waals surface area (Å²) in [6, 6.07) is 11.0. The Bertz CT molecular complexity index is 1260. The number of nitrogens with one attached hydrogen (secondary N) is 1. The Balaban J connectivity index is 1.69. The van der Waals surface area contributed by atoms with Gasteiger partial charge in [-0.05, 0) is 87.1 Å². The molecule has 1 unspecified atom stereocenters. The molecule has 180 valence electrons. The van der Waals surface area contributed by atoms with Crippen molar-refractivity contribution >= 4 is 51.4 Å². The first kappa shape index (κ1) is 25.2. The second-order valence-corrected chi connectivity index (χ2v) is 10.1. The van der Waals surface area contributed by atoms with Crippen LogP contribution in [-0.4, -0.2) is 41.8 Å². The van der Waals surface area contributed by atoms with E-state index in [0.29, 0.717) is 45.4 Å². The molecule has 4 nitrogen and oxygen atoms in total. The number of hydrogen-bond donors (Lipinski definition) is 1. The highest BCUT2D eigenvalue weighted by Gasteiger charge is 2.29. The van der Waals surface area contributed by atoms with Gasteiger partial charge in [0.05, 0.1) is 5.56 Å². The molecule has 0 fully saturated rings. The molecule has 2 aromatic carbocycles. The standard InChI is InChI=1S/C27H30Cl3N3O/c1-3-33(4-2)12-6-5-11-31-24-13-17(20-9-7-19(29)16-22(20)30)14-25-26(24)27(34)21-15-18(28)8-10-23(21)32-25/h7-10,15-17H,3-6,11-14H2,1-2H3,(H,32,34). The first-order chi connectivity index (χ1) is 16.4. The number of H-pyrrole nitrogens is 1. The Labute approximate surface area is 215 Å². The first-order valence-electron chi connectivity index (χ1n) is 12.0. The maximum atomic E-state index is 13.5. The minimum absolute atomic E-state index is 0.00575. The number of aromatic amines is 1. The van der Waals surface area contributed by atoms with E-state index in [1.807, 2.05) is 18.2 Å². The van der Waals surface area contributed by atoms with Gasteiger partial charge in [0.25, 0.3) is 0 Å². The monoisotopic (exact) mass is 517 g/mol. The number of benzene rings is 2. The number of hydrogen-bond acceptors (Lipinski definition) is 3. The van der Waals surface area contributed by atoms with Gasteiger partial charge in [0, 0.05) is 43.9 Å². The fourth-order valence-corrected chi connectivity index (χ4v) is 5.55. The normalized spacial score (nSPS) is 17.0. The van der Waals surface area contributed by atoms with E-state index in [1.165, 1.54) is 0 Å². The molecule has 1 heterocycles. The molecule has 1 N–H and O–H groups in total. The summed E-state index contributed by atoms with van der Waals surface area (Å²) in [6.45, 7) is 8.27. The van der Waals surface area contributed by atoms with Crippen molar-refractivity contribution in [2.24, 2.45) is 4.99 Å². The van der Waals surface area contributed by atoms with E-state index in [-0.39, 0.29) is 11.3 Å². The number of aromatic nitrogens is 1. The lowest BCUT2D eigenvalue weighted by atomic mass is 9.80. The molecular formula is C27H30Cl3N3O. The van der Waals surface area contributed by atoms with E-state index in [2.05, 4.69) is 23.7 Å². The van der Waals surface area contributed by atoms with Crippen molar-refractivity contribution < 1.29 is 0 Å². The van der Waals surface area contributed by atoms with Crippen LogP contribution in [0, 0.1) is 0 Å². The highest BCUT2D eigenvalue weighted by Crippen LogP contribution is 2.36. The lowest BCUT2D eigenvalue weighted by Gasteiger charge is -2.27. The topological polar surface area (TPSA) is 48.5 Å². The largest absolute Gasteiger partial charge is 0.358 e. The summed E-state index contributed by atoms with van der Waals surface area (Å²) in [5, 5.41) is 2.41. The summed E-state index contributed by atoms with van der Waals surface area (Å²) in [6.07, 6.45) is 3.42. The van der Waals surface area contributed by atoms with E-state index in [1.54, 1.807) is 18.2 Å². The Morgan fingerprint density at radius 2 is 1.74 bits per heavy atom. The highest BCUT2D eigenvalue weighted by atomic mass is 35.5. The van der Waals surface area contributed by atoms with Gasteiger partial charge in [-0.1, -0.05) is 54.7 Å². The maximum absolute atomic E-state index is 13.5. The van der Waals surface area contributed by atoms with Crippen molar-refractivity contribution in [3.8, 4) is 0 Å². The van der Waals surface area contributed by atoms with Gasteiger partial charge in [0.2, 0.25) is 0 Å². The molecule has 0 radical (unpaired) electrons. The van der Waals surface area contributed by atoms with Crippen molar-refractivity contribution in [1.29, 1.82) is 0 Å². The van der Waals surface area contributed by atoms with Crippen LogP contribution in [0.2, 0.25) is 15.1 Å². The molecule has 3 aromatic rings. The van der Waals surface area contributed by atoms with Crippen molar-refractivity contribution in [1.82, 2.24) is 9.88 Å². The maximum Gasteiger partial charge on any atom is 0.198 e. The third-order valence-electron chi connectivity index (χ3n) is 6.70. The lowest BCUT2D eigenvalue weighted by molar-refractivity contribution is 0.298. The minimum Gasteiger partial charge on any atom is -0.358 e. The van der Waals surface area contributed by atoms with Crippen molar-refractivity contribution in [3.05, 3.63) is 78.5 Å². The van der Waals surface area contributed by atoms with E-state index in [4.69, 9.17) is 39.8 Å². The molecule has 0 saturated heterocycles. The van der Waals surface area contributed by atoms with Crippen LogP contribution in [-0.2, 0) is 6.42 Å². The number of unbranched alkanes of at least 4 members (excludes halogenated alkanes) is 1. The van der Waals surface area contributed by atoms with E-state index in [0.717, 1.165) is 55.0 Å². The molecule has 1 aliphatic carbocycles. The second kappa shape index (κ2) is 11.3. The van der Waals surface area contributed by atoms with Crippen LogP contribution < -0.4 is 5.43 Å². The van der Waals surface area contributed by atoms with E-state index < -0.39 is 0 Å². The van der Waals surface area contributed by atoms with Crippen LogP contribution in [0.1, 0.15) is 55.8 Å². The molecule has 0 amide bonds. The Morgan fingerprint density at radius 3 is 2.47 bits per heavy atom. The van der Waals surface area contributed by atoms with Crippen molar-refractivity contribution in [3.63, 3.8) is 0 Å². The molecule has 0 spiro atoms. The van der Waals surface area contributed by atoms with Crippen LogP contribution in [0.4, 0.5) is 0 Å². The van der Waals surface area contributed by atoms with Gasteiger partial charge >= 0.3 is 0 Å². The zero-order valence-electron chi connectivity index (χ0n) is 19.6. The first-order valence-corrected chi connectivity index (χ1v) is 13.1. The molecule has 7 heteroatoms. The predicted molar refractivity (Wildman–Crippen MR) is 146 cm³/mol. The van der Waals surface area contributed by atoms with Gasteiger partial charge < -0.3 is 9.88 Å². The summed E-state index contributed by atoms with van der Waals surface area (Å²) in [5.74, 6) is 0.118. The summed E-state index contributed by atoms with van der Waals surface area (Å²) in [5.41, 5.74) is 4.26. The third-order valence-corrected chi connectivity index (χ3v) is 7.50. The summed E-state index contributed by atoms with van der Waals surface area (Å²) >= 11 is 18.9. The van der Waals surface area contributed by atoms with E-state index >= 15 is 0 Å². The summed E-state index contributed by atoms with van der Waals surface area (Å²) in [4.78, 5) is 24.4. The number of nitrogens with zero attached hydrogens (tertiary/aromatic N) is 2. The van der Waals surface area contributed by atoms with E-state index in [9.17, 15) is 4.79 Å². The van der Waals surface area contributed by atoms with Crippen LogP contribution >= 0.6 is 34.8 Å². The number of aliphatic imine (C=N–C) groups is 1. The quantitative estimate of drug-likeness (QED) is 0.322. The molecule has 1 aromatic heterocycles. The molecule has 0 saturated carbocycles. The number of rotatable bonds is 8. The van der Waals surface area contributed by atoms with Gasteiger partial charge in [-0.2, -0.15) is 0 Å². The molecule has 0 aliphatic heterocycles. The Morgan fingerprint density at radius 1 is 1.00 bits per heavy atom. The average molecular weight is 519 g/mol. The molecule has 1 atom stereocenters. The van der Waals surface area contributed by atoms with Crippen LogP contribution in [0.25, 0.3) is 10.9 Å². The van der Waals surface area contributed by atoms with Crippen LogP contribution in [0.3, 0.4) is 0 Å². The summed E-state index contributed by atoms with van der Waals surface area (Å²) in [7, 11) is 0. The predicted octanol–water partition coefficient (Wildman–Crippen LogP) is 7.13. The summed E-state index contributed by atoms with van der Waals surface area (Å²) < 4.78 is 0. The smallest absolute Gasteiger partial charge is 0.198 e. The van der Waals surface area contributed by atoms with Crippen LogP contribution in [0.5, 0.6) is 0 Å². The number of fused-ring (bicyclic) bond motifs is 2. The van der Waals surface area contributed by atoms with Gasteiger partial charge in [-0.15, -0.1) is 0 Å². The van der Waals surface area contributed by atoms with Crippen molar-refractivity contribution in [2.75, 3.05) is 26.2 Å². The average Bonchev–Trinajstić information content (AvgIpc) is 2.81. The number of halogens is 3. The highest BCUT2D eigenvalue weighted by molar-refractivity contribution is 6.35. The minimum atomic E-state index is -0.00575. The van der Waals surface area contributed by atoms with Gasteiger partial charge in [0.15, 0.2) is 5.43 Å². The fourth-order valence-electron chi connectivity index (χ4n) is 4.82. The zero-order valence-corrected chi connectivity index (χ0v) is 21.9. The second-order valence-electron chi connectivity index (χ2n) is 8.83. The zero-order chi connectivity index (χ0) is 24.2. The molecule has 1 aliphatic rings. The lowest BCUT2D eigenvalue weighted by Crippen LogP contribution is -2.28. The van der Waals surface area contributed by atoms with Gasteiger partial charge in [0.1, 0.15) is 0 Å². The van der Waals surface area contributed by atoms with Crippen LogP contribution in [0.15, 0.2) is 46.2 Å². The molecule has 0 bridgehead atoms. The van der Waals surface area contributed by atoms with Crippen molar-refractivity contribution in [2.45, 2.75) is 45.4 Å².